The van der Waals surface area contributed by atoms with E-state index in [-0.39, 0.29) is 24.0 Å². The first kappa shape index (κ1) is 24.9. The number of carbonyl (C=O) groups excluding carboxylic acids is 2. The highest BCUT2D eigenvalue weighted by Crippen LogP contribution is 2.47. The standard InChI is InChI=1S/C27H25N7O4S/c1-2-20(35)31-17-9-6-10-18(17)32-24(36)23-22-21-19(11-12-28-25(21)39-23)34(27(37)33-22)15-13-29-26(30-14-15)38-16-7-4-3-5-8-16/h2-5,7-8,11-14,17-18,24,32,36H,1,6,9-10H2,(H,31,35)(H,33,37)/t17-,18-,24?/m1/s1. The lowest BCUT2D eigenvalue weighted by Crippen LogP contribution is -2.47. The first-order valence-electron chi connectivity index (χ1n) is 12.5. The van der Waals surface area contributed by atoms with Gasteiger partial charge in [0.1, 0.15) is 16.8 Å². The summed E-state index contributed by atoms with van der Waals surface area (Å²) in [5, 5.41) is 21.0. The Morgan fingerprint density at radius 3 is 2.72 bits per heavy atom. The van der Waals surface area contributed by atoms with Gasteiger partial charge in [-0.2, -0.15) is 0 Å². The number of aliphatic hydroxyl groups is 1. The van der Waals surface area contributed by atoms with E-state index in [1.807, 2.05) is 18.2 Å². The van der Waals surface area contributed by atoms with E-state index in [0.29, 0.717) is 37.9 Å². The maximum absolute atomic E-state index is 13.4. The molecule has 3 amide bonds. The van der Waals surface area contributed by atoms with E-state index in [9.17, 15) is 14.7 Å². The number of nitrogens with one attached hydrogen (secondary N) is 3. The number of ether oxygens (including phenoxy) is 1. The SMILES string of the molecule is C=CC(=O)N[C@@H]1CCC[C@H]1NC(O)c1sc2nccc3c2c1NC(=O)N3c1cnc(Oc2ccccc2)nc1. The van der Waals surface area contributed by atoms with Crippen molar-refractivity contribution in [2.75, 3.05) is 10.2 Å². The smallest absolute Gasteiger partial charge is 0.331 e. The zero-order valence-electron chi connectivity index (χ0n) is 20.7. The van der Waals surface area contributed by atoms with E-state index in [1.54, 1.807) is 24.4 Å². The van der Waals surface area contributed by atoms with Gasteiger partial charge in [-0.3, -0.25) is 15.0 Å². The van der Waals surface area contributed by atoms with E-state index >= 15 is 0 Å². The van der Waals surface area contributed by atoms with Crippen molar-refractivity contribution < 1.29 is 19.4 Å². The highest BCUT2D eigenvalue weighted by molar-refractivity contribution is 7.19. The highest BCUT2D eigenvalue weighted by atomic mass is 32.1. The second-order valence-corrected chi connectivity index (χ2v) is 10.2. The molecule has 4 heterocycles. The number of thiophene rings is 1. The monoisotopic (exact) mass is 543 g/mol. The van der Waals surface area contributed by atoms with E-state index in [1.165, 1.54) is 34.7 Å². The lowest BCUT2D eigenvalue weighted by atomic mass is 10.1. The van der Waals surface area contributed by atoms with Crippen LogP contribution >= 0.6 is 11.3 Å². The Hall–Kier alpha value is -4.39. The van der Waals surface area contributed by atoms with Crippen LogP contribution in [-0.2, 0) is 4.79 Å². The number of nitrogens with zero attached hydrogens (tertiary/aromatic N) is 4. The minimum atomic E-state index is -1.07. The number of rotatable bonds is 8. The predicted octanol–water partition coefficient (Wildman–Crippen LogP) is 4.37. The third-order valence-electron chi connectivity index (χ3n) is 6.75. The first-order chi connectivity index (χ1) is 19.0. The Morgan fingerprint density at radius 1 is 1.18 bits per heavy atom. The second kappa shape index (κ2) is 10.4. The van der Waals surface area contributed by atoms with Gasteiger partial charge in [0.05, 0.1) is 39.7 Å². The fraction of sp³-hybridized carbons (Fsp3) is 0.222. The van der Waals surface area contributed by atoms with Gasteiger partial charge in [0.25, 0.3) is 0 Å². The van der Waals surface area contributed by atoms with Gasteiger partial charge in [0.2, 0.25) is 5.91 Å². The Balaban J connectivity index is 1.27. The molecule has 11 nitrogen and oxygen atoms in total. The second-order valence-electron chi connectivity index (χ2n) is 9.18. The van der Waals surface area contributed by atoms with Crippen molar-refractivity contribution >= 4 is 50.6 Å². The predicted molar refractivity (Wildman–Crippen MR) is 147 cm³/mol. The van der Waals surface area contributed by atoms with Crippen LogP contribution in [0.3, 0.4) is 0 Å². The number of para-hydroxylation sites is 1. The maximum Gasteiger partial charge on any atom is 0.331 e. The molecule has 198 valence electrons. The number of aliphatic hydroxyl groups excluding tert-OH is 1. The third kappa shape index (κ3) is 4.80. The van der Waals surface area contributed by atoms with Crippen molar-refractivity contribution in [2.24, 2.45) is 0 Å². The Bertz CT molecular complexity index is 1540. The van der Waals surface area contributed by atoms with Gasteiger partial charge >= 0.3 is 12.0 Å². The molecule has 12 heteroatoms. The Morgan fingerprint density at radius 2 is 1.95 bits per heavy atom. The zero-order valence-corrected chi connectivity index (χ0v) is 21.5. The quantitative estimate of drug-likeness (QED) is 0.190. The van der Waals surface area contributed by atoms with Crippen LogP contribution < -0.4 is 25.6 Å². The molecular formula is C27H25N7O4S. The number of aromatic nitrogens is 3. The molecule has 1 fully saturated rings. The molecule has 0 saturated heterocycles. The molecule has 6 rings (SSSR count). The molecular weight excluding hydrogens is 518 g/mol. The molecule has 1 unspecified atom stereocenters. The molecule has 0 bridgehead atoms. The van der Waals surface area contributed by atoms with E-state index in [4.69, 9.17) is 4.74 Å². The fourth-order valence-electron chi connectivity index (χ4n) is 4.98. The first-order valence-corrected chi connectivity index (χ1v) is 13.3. The minimum Gasteiger partial charge on any atom is -0.424 e. The fourth-order valence-corrected chi connectivity index (χ4v) is 6.04. The number of anilines is 3. The van der Waals surface area contributed by atoms with Crippen LogP contribution in [0.2, 0.25) is 0 Å². The number of hydrogen-bond donors (Lipinski definition) is 4. The Kier molecular flexibility index (Phi) is 6.65. The summed E-state index contributed by atoms with van der Waals surface area (Å²) in [6.07, 6.45) is 7.35. The van der Waals surface area contributed by atoms with Gasteiger partial charge in [-0.1, -0.05) is 24.8 Å². The van der Waals surface area contributed by atoms with Crippen LogP contribution in [-0.4, -0.2) is 44.1 Å². The van der Waals surface area contributed by atoms with Gasteiger partial charge in [0, 0.05) is 18.3 Å². The Labute approximate surface area is 227 Å². The summed E-state index contributed by atoms with van der Waals surface area (Å²) < 4.78 is 5.67. The van der Waals surface area contributed by atoms with Crippen molar-refractivity contribution in [1.82, 2.24) is 25.6 Å². The molecule has 1 aliphatic heterocycles. The summed E-state index contributed by atoms with van der Waals surface area (Å²) in [5.74, 6) is 0.358. The minimum absolute atomic E-state index is 0.122. The van der Waals surface area contributed by atoms with Crippen molar-refractivity contribution in [3.63, 3.8) is 0 Å². The highest BCUT2D eigenvalue weighted by Gasteiger charge is 2.35. The van der Waals surface area contributed by atoms with Crippen molar-refractivity contribution in [3.05, 3.63) is 72.5 Å². The molecule has 0 radical (unpaired) electrons. The average molecular weight is 544 g/mol. The van der Waals surface area contributed by atoms with Crippen molar-refractivity contribution in [3.8, 4) is 11.8 Å². The summed E-state index contributed by atoms with van der Waals surface area (Å²) in [7, 11) is 0. The summed E-state index contributed by atoms with van der Waals surface area (Å²) in [6, 6.07) is 10.4. The van der Waals surface area contributed by atoms with Gasteiger partial charge in [-0.05, 0) is 43.5 Å². The molecule has 4 N–H and O–H groups in total. The van der Waals surface area contributed by atoms with Gasteiger partial charge in [0.15, 0.2) is 0 Å². The lowest BCUT2D eigenvalue weighted by molar-refractivity contribution is -0.117. The summed E-state index contributed by atoms with van der Waals surface area (Å²) >= 11 is 1.30. The molecule has 1 aromatic carbocycles. The number of hydrogen-bond acceptors (Lipinski definition) is 9. The molecule has 4 aromatic rings. The largest absolute Gasteiger partial charge is 0.424 e. The van der Waals surface area contributed by atoms with Gasteiger partial charge < -0.3 is 20.5 Å². The third-order valence-corrected chi connectivity index (χ3v) is 7.90. The summed E-state index contributed by atoms with van der Waals surface area (Å²) in [4.78, 5) is 40.9. The summed E-state index contributed by atoms with van der Waals surface area (Å²) in [5.41, 5.74) is 1.56. The maximum atomic E-state index is 13.4. The molecule has 3 aromatic heterocycles. The van der Waals surface area contributed by atoms with E-state index in [2.05, 4.69) is 37.5 Å². The molecule has 1 aliphatic carbocycles. The summed E-state index contributed by atoms with van der Waals surface area (Å²) in [6.45, 7) is 3.51. The molecule has 3 atom stereocenters. The normalized spacial score (nSPS) is 19.0. The lowest BCUT2D eigenvalue weighted by Gasteiger charge is -2.29. The van der Waals surface area contributed by atoms with Crippen LogP contribution in [0.15, 0.2) is 67.6 Å². The zero-order chi connectivity index (χ0) is 26.9. The van der Waals surface area contributed by atoms with Crippen LogP contribution in [0.4, 0.5) is 21.9 Å². The van der Waals surface area contributed by atoms with E-state index < -0.39 is 12.3 Å². The molecule has 0 spiro atoms. The number of pyridine rings is 1. The van der Waals surface area contributed by atoms with Crippen LogP contribution in [0, 0.1) is 0 Å². The molecule has 1 saturated carbocycles. The van der Waals surface area contributed by atoms with Crippen LogP contribution in [0.5, 0.6) is 11.8 Å². The number of benzene rings is 1. The van der Waals surface area contributed by atoms with Gasteiger partial charge in [-0.15, -0.1) is 11.3 Å². The van der Waals surface area contributed by atoms with Crippen molar-refractivity contribution in [1.29, 1.82) is 0 Å². The molecule has 39 heavy (non-hydrogen) atoms. The van der Waals surface area contributed by atoms with Gasteiger partial charge in [-0.25, -0.2) is 19.7 Å². The van der Waals surface area contributed by atoms with Crippen LogP contribution in [0.25, 0.3) is 10.2 Å². The number of carbonyl (C=O) groups is 2. The van der Waals surface area contributed by atoms with Crippen molar-refractivity contribution in [2.45, 2.75) is 37.6 Å². The number of urea groups is 1. The average Bonchev–Trinajstić information content (AvgIpc) is 3.54. The number of amides is 3. The topological polar surface area (TPSA) is 142 Å². The van der Waals surface area contributed by atoms with Crippen LogP contribution in [0.1, 0.15) is 30.4 Å². The van der Waals surface area contributed by atoms with E-state index in [0.717, 1.165) is 19.3 Å². The molecule has 2 aliphatic rings.